The van der Waals surface area contributed by atoms with Crippen LogP contribution in [0.4, 0.5) is 0 Å². The number of aromatic amines is 1. The molecule has 0 saturated heterocycles. The standard InChI is InChI=1S/C13H10N4O2/c18-10(9-4-2-1-3-5-9)6-17-8-16-12-11(17)13(19)15-7-14-12/h1-5,7-8H,6H2,(H,14,15,19). The molecule has 1 aromatic carbocycles. The summed E-state index contributed by atoms with van der Waals surface area (Å²) in [6.45, 7) is 0.0648. The minimum absolute atomic E-state index is 0.0648. The van der Waals surface area contributed by atoms with E-state index in [-0.39, 0.29) is 17.9 Å². The molecule has 94 valence electrons. The number of carbonyl (C=O) groups excluding carboxylic acids is 1. The zero-order chi connectivity index (χ0) is 13.2. The molecule has 0 radical (unpaired) electrons. The minimum Gasteiger partial charge on any atom is -0.317 e. The molecule has 0 fully saturated rings. The molecule has 0 spiro atoms. The Morgan fingerprint density at radius 2 is 2.00 bits per heavy atom. The molecule has 0 aliphatic heterocycles. The van der Waals surface area contributed by atoms with Gasteiger partial charge in [0, 0.05) is 5.56 Å². The number of aromatic nitrogens is 4. The Kier molecular flexibility index (Phi) is 2.68. The number of Topliss-reactive ketones (excluding diaryl/α,β-unsaturated/α-hetero) is 1. The molecule has 0 atom stereocenters. The third-order valence-corrected chi connectivity index (χ3v) is 2.83. The maximum absolute atomic E-state index is 12.1. The lowest BCUT2D eigenvalue weighted by molar-refractivity contribution is 0.0973. The Labute approximate surface area is 107 Å². The highest BCUT2D eigenvalue weighted by molar-refractivity contribution is 5.96. The summed E-state index contributed by atoms with van der Waals surface area (Å²) in [6.07, 6.45) is 2.74. The molecule has 0 unspecified atom stereocenters. The van der Waals surface area contributed by atoms with Crippen molar-refractivity contribution < 1.29 is 4.79 Å². The molecule has 3 aromatic rings. The number of nitrogens with zero attached hydrogens (tertiary/aromatic N) is 3. The maximum atomic E-state index is 12.1. The number of ketones is 1. The first-order valence-corrected chi connectivity index (χ1v) is 5.72. The van der Waals surface area contributed by atoms with Gasteiger partial charge in [0.15, 0.2) is 16.9 Å². The van der Waals surface area contributed by atoms with Crippen molar-refractivity contribution in [3.05, 3.63) is 58.9 Å². The second-order valence-corrected chi connectivity index (χ2v) is 4.07. The number of imidazole rings is 1. The van der Waals surface area contributed by atoms with Crippen LogP contribution in [0.3, 0.4) is 0 Å². The van der Waals surface area contributed by atoms with E-state index in [1.807, 2.05) is 6.07 Å². The van der Waals surface area contributed by atoms with Gasteiger partial charge in [0.05, 0.1) is 19.2 Å². The fourth-order valence-corrected chi connectivity index (χ4v) is 1.91. The topological polar surface area (TPSA) is 80.6 Å². The summed E-state index contributed by atoms with van der Waals surface area (Å²) in [5.41, 5.74) is 0.949. The van der Waals surface area contributed by atoms with Gasteiger partial charge in [-0.05, 0) is 0 Å². The fraction of sp³-hybridized carbons (Fsp3) is 0.0769. The van der Waals surface area contributed by atoms with Crippen molar-refractivity contribution in [3.63, 3.8) is 0 Å². The third kappa shape index (κ3) is 2.03. The quantitative estimate of drug-likeness (QED) is 0.707. The van der Waals surface area contributed by atoms with Gasteiger partial charge >= 0.3 is 0 Å². The molecular formula is C13H10N4O2. The van der Waals surface area contributed by atoms with Crippen LogP contribution in [-0.4, -0.2) is 25.3 Å². The SMILES string of the molecule is O=C(Cn1cnc2nc[nH]c(=O)c21)c1ccccc1. The second-order valence-electron chi connectivity index (χ2n) is 4.07. The number of carbonyl (C=O) groups is 1. The summed E-state index contributed by atoms with van der Waals surface area (Å²) in [7, 11) is 0. The van der Waals surface area contributed by atoms with Gasteiger partial charge in [-0.2, -0.15) is 0 Å². The van der Waals surface area contributed by atoms with Crippen LogP contribution in [0.25, 0.3) is 11.2 Å². The van der Waals surface area contributed by atoms with Gasteiger partial charge in [0.2, 0.25) is 0 Å². The van der Waals surface area contributed by atoms with Crippen molar-refractivity contribution in [1.29, 1.82) is 0 Å². The molecule has 19 heavy (non-hydrogen) atoms. The van der Waals surface area contributed by atoms with E-state index in [9.17, 15) is 9.59 Å². The fourth-order valence-electron chi connectivity index (χ4n) is 1.91. The summed E-state index contributed by atoms with van der Waals surface area (Å²) < 4.78 is 1.51. The zero-order valence-corrected chi connectivity index (χ0v) is 9.91. The van der Waals surface area contributed by atoms with Crippen molar-refractivity contribution in [2.24, 2.45) is 0 Å². The minimum atomic E-state index is -0.302. The number of fused-ring (bicyclic) bond motifs is 1. The van der Waals surface area contributed by atoms with Crippen molar-refractivity contribution >= 4 is 16.9 Å². The second kappa shape index (κ2) is 4.49. The predicted molar refractivity (Wildman–Crippen MR) is 68.9 cm³/mol. The van der Waals surface area contributed by atoms with E-state index in [4.69, 9.17) is 0 Å². The molecule has 0 amide bonds. The van der Waals surface area contributed by atoms with Crippen molar-refractivity contribution in [2.45, 2.75) is 6.54 Å². The lowest BCUT2D eigenvalue weighted by Gasteiger charge is -2.02. The molecule has 6 nitrogen and oxygen atoms in total. The summed E-state index contributed by atoms with van der Waals surface area (Å²) in [4.78, 5) is 34.2. The molecule has 3 rings (SSSR count). The lowest BCUT2D eigenvalue weighted by Crippen LogP contribution is -2.15. The van der Waals surface area contributed by atoms with Crippen LogP contribution in [0, 0.1) is 0 Å². The van der Waals surface area contributed by atoms with Gasteiger partial charge in [-0.3, -0.25) is 9.59 Å². The zero-order valence-electron chi connectivity index (χ0n) is 9.91. The van der Waals surface area contributed by atoms with E-state index < -0.39 is 0 Å². The molecule has 0 aliphatic rings. The van der Waals surface area contributed by atoms with Crippen LogP contribution < -0.4 is 5.56 Å². The largest absolute Gasteiger partial charge is 0.317 e. The number of H-pyrrole nitrogens is 1. The summed E-state index contributed by atoms with van der Waals surface area (Å²) in [5.74, 6) is -0.0804. The van der Waals surface area contributed by atoms with Crippen LogP contribution in [0.5, 0.6) is 0 Å². The first-order valence-electron chi connectivity index (χ1n) is 5.72. The normalized spacial score (nSPS) is 10.7. The molecule has 1 N–H and O–H groups in total. The lowest BCUT2D eigenvalue weighted by atomic mass is 10.1. The predicted octanol–water partition coefficient (Wildman–Crippen LogP) is 1.00. The average molecular weight is 254 g/mol. The number of hydrogen-bond donors (Lipinski definition) is 1. The molecular weight excluding hydrogens is 244 g/mol. The highest BCUT2D eigenvalue weighted by atomic mass is 16.1. The number of rotatable bonds is 3. The Bertz CT molecular complexity index is 789. The van der Waals surface area contributed by atoms with E-state index in [1.165, 1.54) is 17.2 Å². The van der Waals surface area contributed by atoms with E-state index in [1.54, 1.807) is 24.3 Å². The van der Waals surface area contributed by atoms with Crippen LogP contribution in [0.15, 0.2) is 47.8 Å². The van der Waals surface area contributed by atoms with Crippen LogP contribution in [-0.2, 0) is 6.54 Å². The van der Waals surface area contributed by atoms with Crippen molar-refractivity contribution in [2.75, 3.05) is 0 Å². The third-order valence-electron chi connectivity index (χ3n) is 2.83. The van der Waals surface area contributed by atoms with Gasteiger partial charge in [-0.15, -0.1) is 0 Å². The first kappa shape index (κ1) is 11.3. The van der Waals surface area contributed by atoms with E-state index in [0.29, 0.717) is 16.7 Å². The van der Waals surface area contributed by atoms with Gasteiger partial charge in [0.1, 0.15) is 0 Å². The monoisotopic (exact) mass is 254 g/mol. The van der Waals surface area contributed by atoms with Gasteiger partial charge < -0.3 is 9.55 Å². The molecule has 2 heterocycles. The Morgan fingerprint density at radius 3 is 2.79 bits per heavy atom. The Balaban J connectivity index is 1.99. The van der Waals surface area contributed by atoms with Crippen molar-refractivity contribution in [1.82, 2.24) is 19.5 Å². The average Bonchev–Trinajstić information content (AvgIpc) is 2.84. The van der Waals surface area contributed by atoms with Crippen LogP contribution >= 0.6 is 0 Å². The Morgan fingerprint density at radius 1 is 1.21 bits per heavy atom. The Hall–Kier alpha value is -2.76. The van der Waals surface area contributed by atoms with Gasteiger partial charge in [0.25, 0.3) is 5.56 Å². The van der Waals surface area contributed by atoms with Crippen molar-refractivity contribution in [3.8, 4) is 0 Å². The molecule has 6 heteroatoms. The van der Waals surface area contributed by atoms with Gasteiger partial charge in [-0.1, -0.05) is 30.3 Å². The number of hydrogen-bond acceptors (Lipinski definition) is 4. The molecule has 2 aromatic heterocycles. The molecule has 0 bridgehead atoms. The molecule has 0 saturated carbocycles. The number of benzene rings is 1. The number of nitrogens with one attached hydrogen (secondary N) is 1. The van der Waals surface area contributed by atoms with E-state index in [0.717, 1.165) is 0 Å². The summed E-state index contributed by atoms with van der Waals surface area (Å²) in [5, 5.41) is 0. The first-order chi connectivity index (χ1) is 9.25. The highest BCUT2D eigenvalue weighted by Crippen LogP contribution is 2.07. The summed E-state index contributed by atoms with van der Waals surface area (Å²) in [6, 6.07) is 8.92. The highest BCUT2D eigenvalue weighted by Gasteiger charge is 2.11. The van der Waals surface area contributed by atoms with Crippen LogP contribution in [0.1, 0.15) is 10.4 Å². The maximum Gasteiger partial charge on any atom is 0.276 e. The van der Waals surface area contributed by atoms with Gasteiger partial charge in [-0.25, -0.2) is 9.97 Å². The molecule has 0 aliphatic carbocycles. The van der Waals surface area contributed by atoms with E-state index in [2.05, 4.69) is 15.0 Å². The smallest absolute Gasteiger partial charge is 0.276 e. The van der Waals surface area contributed by atoms with E-state index >= 15 is 0 Å². The van der Waals surface area contributed by atoms with Crippen LogP contribution in [0.2, 0.25) is 0 Å². The summed E-state index contributed by atoms with van der Waals surface area (Å²) >= 11 is 0.